The molecule has 0 unspecified atom stereocenters. The van der Waals surface area contributed by atoms with Gasteiger partial charge < -0.3 is 19.5 Å². The van der Waals surface area contributed by atoms with Gasteiger partial charge in [0.2, 0.25) is 5.95 Å². The number of aromatic amines is 2. The van der Waals surface area contributed by atoms with Crippen molar-refractivity contribution in [3.63, 3.8) is 0 Å². The van der Waals surface area contributed by atoms with Gasteiger partial charge in [-0.25, -0.2) is 4.79 Å². The smallest absolute Gasteiger partial charge is 0.410 e. The van der Waals surface area contributed by atoms with Gasteiger partial charge in [0.1, 0.15) is 5.60 Å². The van der Waals surface area contributed by atoms with Gasteiger partial charge in [-0.05, 0) is 32.9 Å². The summed E-state index contributed by atoms with van der Waals surface area (Å²) in [4.78, 5) is 23.4. The Morgan fingerprint density at radius 3 is 2.61 bits per heavy atom. The molecule has 0 saturated carbocycles. The molecule has 3 heterocycles. The Kier molecular flexibility index (Phi) is 3.97. The molecule has 0 radical (unpaired) electrons. The molecule has 1 aliphatic heterocycles. The Hall–Kier alpha value is -2.51. The van der Waals surface area contributed by atoms with Gasteiger partial charge in [0, 0.05) is 32.4 Å². The Labute approximate surface area is 134 Å². The Balaban J connectivity index is 1.58. The van der Waals surface area contributed by atoms with E-state index < -0.39 is 5.60 Å². The zero-order chi connectivity index (χ0) is 16.4. The average molecular weight is 318 g/mol. The van der Waals surface area contributed by atoms with Crippen molar-refractivity contribution in [1.82, 2.24) is 25.1 Å². The van der Waals surface area contributed by atoms with Crippen LogP contribution in [0.1, 0.15) is 20.8 Å². The van der Waals surface area contributed by atoms with Crippen LogP contribution in [0.2, 0.25) is 0 Å². The minimum atomic E-state index is -0.469. The Morgan fingerprint density at radius 2 is 2.00 bits per heavy atom. The first kappa shape index (κ1) is 15.4. The quantitative estimate of drug-likeness (QED) is 0.882. The monoisotopic (exact) mass is 318 g/mol. The maximum Gasteiger partial charge on any atom is 0.410 e. The topological polar surface area (TPSA) is 90.1 Å². The van der Waals surface area contributed by atoms with E-state index >= 15 is 0 Å². The summed E-state index contributed by atoms with van der Waals surface area (Å²) in [6.07, 6.45) is 1.58. The van der Waals surface area contributed by atoms with Crippen molar-refractivity contribution in [3.8, 4) is 11.5 Å². The van der Waals surface area contributed by atoms with E-state index in [2.05, 4.69) is 25.1 Å². The molecule has 124 valence electrons. The van der Waals surface area contributed by atoms with Crippen molar-refractivity contribution in [2.24, 2.45) is 0 Å². The highest BCUT2D eigenvalue weighted by Crippen LogP contribution is 2.18. The molecule has 0 bridgehead atoms. The van der Waals surface area contributed by atoms with Gasteiger partial charge in [-0.1, -0.05) is 0 Å². The van der Waals surface area contributed by atoms with Crippen molar-refractivity contribution in [1.29, 1.82) is 0 Å². The minimum absolute atomic E-state index is 0.265. The summed E-state index contributed by atoms with van der Waals surface area (Å²) < 4.78 is 5.40. The zero-order valence-corrected chi connectivity index (χ0v) is 13.7. The molecule has 1 fully saturated rings. The highest BCUT2D eigenvalue weighted by molar-refractivity contribution is 5.68. The highest BCUT2D eigenvalue weighted by Gasteiger charge is 2.27. The number of anilines is 1. The summed E-state index contributed by atoms with van der Waals surface area (Å²) in [5.74, 6) is 1.36. The van der Waals surface area contributed by atoms with Crippen LogP contribution in [0, 0.1) is 0 Å². The lowest BCUT2D eigenvalue weighted by Gasteiger charge is -2.35. The fourth-order valence-corrected chi connectivity index (χ4v) is 2.41. The number of hydrogen-bond donors (Lipinski definition) is 2. The molecule has 0 spiro atoms. The number of amides is 1. The first-order chi connectivity index (χ1) is 10.9. The maximum absolute atomic E-state index is 12.1. The first-order valence-corrected chi connectivity index (χ1v) is 7.71. The van der Waals surface area contributed by atoms with Gasteiger partial charge in [-0.3, -0.25) is 5.10 Å². The molecule has 1 saturated heterocycles. The number of aromatic nitrogens is 4. The van der Waals surface area contributed by atoms with Crippen LogP contribution in [-0.4, -0.2) is 62.9 Å². The third kappa shape index (κ3) is 3.64. The number of hydrogen-bond acceptors (Lipinski definition) is 5. The summed E-state index contributed by atoms with van der Waals surface area (Å²) in [6, 6.07) is 3.85. The maximum atomic E-state index is 12.1. The van der Waals surface area contributed by atoms with Crippen molar-refractivity contribution in [2.75, 3.05) is 31.1 Å². The largest absolute Gasteiger partial charge is 0.444 e. The number of carbonyl (C=O) groups excluding carboxylic acids is 1. The van der Waals surface area contributed by atoms with Crippen molar-refractivity contribution in [3.05, 3.63) is 18.3 Å². The molecule has 2 aromatic rings. The van der Waals surface area contributed by atoms with Crippen LogP contribution in [-0.2, 0) is 4.74 Å². The van der Waals surface area contributed by atoms with Crippen LogP contribution in [0.4, 0.5) is 10.7 Å². The molecule has 8 heteroatoms. The van der Waals surface area contributed by atoms with Gasteiger partial charge in [0.15, 0.2) is 5.82 Å². The lowest BCUT2D eigenvalue weighted by molar-refractivity contribution is 0.0240. The summed E-state index contributed by atoms with van der Waals surface area (Å²) in [5, 5.41) is 7.19. The van der Waals surface area contributed by atoms with Crippen molar-refractivity contribution in [2.45, 2.75) is 26.4 Å². The summed E-state index contributed by atoms with van der Waals surface area (Å²) in [5.41, 5.74) is 0.430. The minimum Gasteiger partial charge on any atom is -0.444 e. The second-order valence-electron chi connectivity index (χ2n) is 6.52. The van der Waals surface area contributed by atoms with Gasteiger partial charge in [0.25, 0.3) is 0 Å². The lowest BCUT2D eigenvalue weighted by atomic mass is 10.2. The lowest BCUT2D eigenvalue weighted by Crippen LogP contribution is -2.50. The number of nitrogens with one attached hydrogen (secondary N) is 2. The van der Waals surface area contributed by atoms with E-state index in [9.17, 15) is 4.79 Å². The van der Waals surface area contributed by atoms with Crippen molar-refractivity contribution >= 4 is 12.0 Å². The van der Waals surface area contributed by atoms with Crippen LogP contribution < -0.4 is 4.90 Å². The van der Waals surface area contributed by atoms with Crippen LogP contribution in [0.25, 0.3) is 11.5 Å². The third-order valence-electron chi connectivity index (χ3n) is 3.54. The van der Waals surface area contributed by atoms with Crippen molar-refractivity contribution < 1.29 is 9.53 Å². The van der Waals surface area contributed by atoms with Gasteiger partial charge in [0.05, 0.1) is 5.69 Å². The third-order valence-corrected chi connectivity index (χ3v) is 3.54. The van der Waals surface area contributed by atoms with E-state index in [0.29, 0.717) is 38.0 Å². The van der Waals surface area contributed by atoms with E-state index in [-0.39, 0.29) is 6.09 Å². The second-order valence-corrected chi connectivity index (χ2v) is 6.52. The Morgan fingerprint density at radius 1 is 1.26 bits per heavy atom. The summed E-state index contributed by atoms with van der Waals surface area (Å²) in [7, 11) is 0. The highest BCUT2D eigenvalue weighted by atomic mass is 16.6. The molecule has 3 rings (SSSR count). The number of ether oxygens (including phenoxy) is 1. The molecule has 2 aromatic heterocycles. The van der Waals surface area contributed by atoms with Crippen LogP contribution in [0.3, 0.4) is 0 Å². The number of H-pyrrole nitrogens is 2. The first-order valence-electron chi connectivity index (χ1n) is 7.71. The molecule has 8 nitrogen and oxygen atoms in total. The van der Waals surface area contributed by atoms with Crippen LogP contribution in [0.15, 0.2) is 18.3 Å². The van der Waals surface area contributed by atoms with Gasteiger partial charge in [-0.15, -0.1) is 5.10 Å². The normalized spacial score (nSPS) is 15.8. The van der Waals surface area contributed by atoms with E-state index in [4.69, 9.17) is 4.74 Å². The molecule has 1 aliphatic rings. The second kappa shape index (κ2) is 5.94. The predicted octanol–water partition coefficient (Wildman–Crippen LogP) is 1.86. The standard InChI is InChI=1S/C15H22N6O2/c1-15(2,3)23-14(22)21-9-7-20(8-10-21)13-17-12(18-19-13)11-5-4-6-16-11/h4-6,16H,7-10H2,1-3H3,(H,17,18,19). The number of piperazine rings is 1. The van der Waals surface area contributed by atoms with Gasteiger partial charge in [-0.2, -0.15) is 4.98 Å². The SMILES string of the molecule is CC(C)(C)OC(=O)N1CCN(c2n[nH]c(-c3ccc[nH]3)n2)CC1. The zero-order valence-electron chi connectivity index (χ0n) is 13.7. The fraction of sp³-hybridized carbons (Fsp3) is 0.533. The average Bonchev–Trinajstić information content (AvgIpc) is 3.17. The summed E-state index contributed by atoms with van der Waals surface area (Å²) >= 11 is 0. The number of rotatable bonds is 2. The predicted molar refractivity (Wildman–Crippen MR) is 86.2 cm³/mol. The number of carbonyl (C=O) groups is 1. The number of nitrogens with zero attached hydrogens (tertiary/aromatic N) is 4. The van der Waals surface area contributed by atoms with Gasteiger partial charge >= 0.3 is 6.09 Å². The van der Waals surface area contributed by atoms with E-state index in [1.165, 1.54) is 0 Å². The molecular formula is C15H22N6O2. The van der Waals surface area contributed by atoms with E-state index in [0.717, 1.165) is 5.69 Å². The van der Waals surface area contributed by atoms with Crippen LogP contribution >= 0.6 is 0 Å². The fourth-order valence-electron chi connectivity index (χ4n) is 2.41. The Bertz CT molecular complexity index is 650. The van der Waals surface area contributed by atoms with E-state index in [1.54, 1.807) is 4.90 Å². The molecule has 1 amide bonds. The summed E-state index contributed by atoms with van der Waals surface area (Å²) in [6.45, 7) is 8.18. The molecule has 0 aliphatic carbocycles. The van der Waals surface area contributed by atoms with Crippen LogP contribution in [0.5, 0.6) is 0 Å². The van der Waals surface area contributed by atoms with E-state index in [1.807, 2.05) is 39.1 Å². The molecular weight excluding hydrogens is 296 g/mol. The molecule has 2 N–H and O–H groups in total. The molecule has 23 heavy (non-hydrogen) atoms. The molecule has 0 aromatic carbocycles. The molecule has 0 atom stereocenters.